The van der Waals surface area contributed by atoms with Gasteiger partial charge in [0, 0.05) is 12.1 Å². The molecule has 1 heterocycles. The molecule has 15 heavy (non-hydrogen) atoms. The third-order valence-electron chi connectivity index (χ3n) is 3.39. The molecular formula is C14H21N. The van der Waals surface area contributed by atoms with Gasteiger partial charge >= 0.3 is 0 Å². The average Bonchev–Trinajstić information content (AvgIpc) is 2.67. The highest BCUT2D eigenvalue weighted by Gasteiger charge is 2.32. The Morgan fingerprint density at radius 2 is 1.73 bits per heavy atom. The standard InChI is InChI=1S/C14H21N/c1-14(2,3)13-10-9-12(15-13)11-7-5-4-6-8-11/h4-8,12-13,15H,9-10H2,1-3H3/t12-,13+/m0/s1. The molecule has 0 unspecified atom stereocenters. The number of benzene rings is 1. The molecule has 1 aliphatic rings. The molecular weight excluding hydrogens is 182 g/mol. The van der Waals surface area contributed by atoms with Gasteiger partial charge in [-0.2, -0.15) is 0 Å². The Morgan fingerprint density at radius 1 is 1.07 bits per heavy atom. The molecule has 0 bridgehead atoms. The second kappa shape index (κ2) is 3.97. The van der Waals surface area contributed by atoms with Crippen molar-refractivity contribution < 1.29 is 0 Å². The predicted octanol–water partition coefficient (Wildman–Crippen LogP) is 3.53. The number of hydrogen-bond acceptors (Lipinski definition) is 1. The fraction of sp³-hybridized carbons (Fsp3) is 0.571. The summed E-state index contributed by atoms with van der Waals surface area (Å²) in [7, 11) is 0. The Bertz CT molecular complexity index is 310. The van der Waals surface area contributed by atoms with Crippen LogP contribution in [0.2, 0.25) is 0 Å². The fourth-order valence-electron chi connectivity index (χ4n) is 2.37. The molecule has 1 aliphatic heterocycles. The van der Waals surface area contributed by atoms with E-state index in [9.17, 15) is 0 Å². The third kappa shape index (κ3) is 2.40. The number of rotatable bonds is 1. The molecule has 0 spiro atoms. The van der Waals surface area contributed by atoms with Crippen LogP contribution in [0.4, 0.5) is 0 Å². The van der Waals surface area contributed by atoms with Crippen molar-refractivity contribution in [2.24, 2.45) is 5.41 Å². The van der Waals surface area contributed by atoms with E-state index in [1.54, 1.807) is 0 Å². The van der Waals surface area contributed by atoms with Crippen LogP contribution in [0.1, 0.15) is 45.2 Å². The van der Waals surface area contributed by atoms with Crippen LogP contribution in [0.5, 0.6) is 0 Å². The van der Waals surface area contributed by atoms with E-state index in [1.165, 1.54) is 18.4 Å². The molecule has 1 aromatic carbocycles. The van der Waals surface area contributed by atoms with Gasteiger partial charge in [0.05, 0.1) is 0 Å². The molecule has 0 amide bonds. The molecule has 0 aromatic heterocycles. The van der Waals surface area contributed by atoms with Crippen LogP contribution in [0.3, 0.4) is 0 Å². The molecule has 1 heteroatoms. The van der Waals surface area contributed by atoms with E-state index in [1.807, 2.05) is 0 Å². The zero-order valence-electron chi connectivity index (χ0n) is 9.96. The van der Waals surface area contributed by atoms with Crippen LogP contribution in [0.15, 0.2) is 30.3 Å². The lowest BCUT2D eigenvalue weighted by Crippen LogP contribution is -2.35. The molecule has 1 N–H and O–H groups in total. The lowest BCUT2D eigenvalue weighted by molar-refractivity contribution is 0.287. The topological polar surface area (TPSA) is 12.0 Å². The van der Waals surface area contributed by atoms with Crippen molar-refractivity contribution in [1.82, 2.24) is 5.32 Å². The molecule has 1 aromatic rings. The minimum Gasteiger partial charge on any atom is -0.307 e. The summed E-state index contributed by atoms with van der Waals surface area (Å²) in [6, 6.07) is 12.0. The summed E-state index contributed by atoms with van der Waals surface area (Å²) in [4.78, 5) is 0. The smallest absolute Gasteiger partial charge is 0.0323 e. The lowest BCUT2D eigenvalue weighted by Gasteiger charge is -2.28. The van der Waals surface area contributed by atoms with E-state index in [2.05, 4.69) is 56.4 Å². The molecule has 2 atom stereocenters. The molecule has 0 saturated carbocycles. The van der Waals surface area contributed by atoms with Crippen molar-refractivity contribution in [3.05, 3.63) is 35.9 Å². The summed E-state index contributed by atoms with van der Waals surface area (Å²) >= 11 is 0. The Balaban J connectivity index is 2.05. The van der Waals surface area contributed by atoms with Crippen molar-refractivity contribution >= 4 is 0 Å². The van der Waals surface area contributed by atoms with Crippen LogP contribution in [-0.2, 0) is 0 Å². The maximum atomic E-state index is 3.75. The molecule has 1 nitrogen and oxygen atoms in total. The quantitative estimate of drug-likeness (QED) is 0.736. The predicted molar refractivity (Wildman–Crippen MR) is 64.8 cm³/mol. The van der Waals surface area contributed by atoms with Crippen LogP contribution in [0.25, 0.3) is 0 Å². The number of hydrogen-bond donors (Lipinski definition) is 1. The highest BCUT2D eigenvalue weighted by atomic mass is 15.0. The minimum absolute atomic E-state index is 0.379. The van der Waals surface area contributed by atoms with Crippen molar-refractivity contribution in [1.29, 1.82) is 0 Å². The van der Waals surface area contributed by atoms with Gasteiger partial charge in [0.15, 0.2) is 0 Å². The van der Waals surface area contributed by atoms with Gasteiger partial charge in [0.25, 0.3) is 0 Å². The summed E-state index contributed by atoms with van der Waals surface area (Å²) < 4.78 is 0. The summed E-state index contributed by atoms with van der Waals surface area (Å²) in [5.41, 5.74) is 1.81. The van der Waals surface area contributed by atoms with E-state index in [0.29, 0.717) is 17.5 Å². The van der Waals surface area contributed by atoms with Gasteiger partial charge in [-0.25, -0.2) is 0 Å². The van der Waals surface area contributed by atoms with E-state index in [4.69, 9.17) is 0 Å². The third-order valence-corrected chi connectivity index (χ3v) is 3.39. The summed E-state index contributed by atoms with van der Waals surface area (Å²) in [6.45, 7) is 6.95. The van der Waals surface area contributed by atoms with Gasteiger partial charge in [-0.15, -0.1) is 0 Å². The summed E-state index contributed by atoms with van der Waals surface area (Å²) in [5, 5.41) is 3.75. The summed E-state index contributed by atoms with van der Waals surface area (Å²) in [5.74, 6) is 0. The summed E-state index contributed by atoms with van der Waals surface area (Å²) in [6.07, 6.45) is 2.56. The van der Waals surface area contributed by atoms with Gasteiger partial charge in [0.1, 0.15) is 0 Å². The van der Waals surface area contributed by atoms with E-state index in [-0.39, 0.29) is 0 Å². The largest absolute Gasteiger partial charge is 0.307 e. The molecule has 1 fully saturated rings. The highest BCUT2D eigenvalue weighted by Crippen LogP contribution is 2.34. The first-order valence-corrected chi connectivity index (χ1v) is 5.88. The van der Waals surface area contributed by atoms with E-state index < -0.39 is 0 Å². The Morgan fingerprint density at radius 3 is 2.27 bits per heavy atom. The van der Waals surface area contributed by atoms with Crippen LogP contribution in [0, 0.1) is 5.41 Å². The molecule has 0 aliphatic carbocycles. The maximum absolute atomic E-state index is 3.75. The molecule has 0 radical (unpaired) electrons. The second-order valence-electron chi connectivity index (χ2n) is 5.63. The normalized spacial score (nSPS) is 26.9. The van der Waals surface area contributed by atoms with Crippen molar-refractivity contribution in [3.63, 3.8) is 0 Å². The van der Waals surface area contributed by atoms with Crippen molar-refractivity contribution in [2.75, 3.05) is 0 Å². The van der Waals surface area contributed by atoms with Gasteiger partial charge in [-0.3, -0.25) is 0 Å². The van der Waals surface area contributed by atoms with Crippen molar-refractivity contribution in [2.45, 2.75) is 45.7 Å². The van der Waals surface area contributed by atoms with Crippen molar-refractivity contribution in [3.8, 4) is 0 Å². The number of nitrogens with one attached hydrogen (secondary N) is 1. The van der Waals surface area contributed by atoms with E-state index >= 15 is 0 Å². The molecule has 1 saturated heterocycles. The fourth-order valence-corrected chi connectivity index (χ4v) is 2.37. The first kappa shape index (κ1) is 10.7. The highest BCUT2D eigenvalue weighted by molar-refractivity contribution is 5.20. The Labute approximate surface area is 92.9 Å². The second-order valence-corrected chi connectivity index (χ2v) is 5.63. The monoisotopic (exact) mass is 203 g/mol. The van der Waals surface area contributed by atoms with Gasteiger partial charge in [-0.05, 0) is 23.8 Å². The average molecular weight is 203 g/mol. The van der Waals surface area contributed by atoms with Gasteiger partial charge in [-0.1, -0.05) is 51.1 Å². The van der Waals surface area contributed by atoms with Crippen LogP contribution < -0.4 is 5.32 Å². The maximum Gasteiger partial charge on any atom is 0.0323 e. The van der Waals surface area contributed by atoms with E-state index in [0.717, 1.165) is 0 Å². The Kier molecular flexibility index (Phi) is 2.83. The van der Waals surface area contributed by atoms with Crippen LogP contribution >= 0.6 is 0 Å². The minimum atomic E-state index is 0.379. The molecule has 82 valence electrons. The lowest BCUT2D eigenvalue weighted by atomic mass is 9.86. The zero-order chi connectivity index (χ0) is 10.9. The zero-order valence-corrected chi connectivity index (χ0v) is 9.96. The Hall–Kier alpha value is -0.820. The molecule has 2 rings (SSSR count). The first-order valence-electron chi connectivity index (χ1n) is 5.88. The van der Waals surface area contributed by atoms with Gasteiger partial charge in [0.2, 0.25) is 0 Å². The van der Waals surface area contributed by atoms with Gasteiger partial charge < -0.3 is 5.32 Å². The first-order chi connectivity index (χ1) is 7.07. The van der Waals surface area contributed by atoms with Crippen LogP contribution in [-0.4, -0.2) is 6.04 Å². The SMILES string of the molecule is CC(C)(C)[C@H]1CC[C@@H](c2ccccc2)N1.